The van der Waals surface area contributed by atoms with Gasteiger partial charge in [0.25, 0.3) is 5.91 Å². The number of anilines is 2. The third kappa shape index (κ3) is 12.9. The molecule has 1 aromatic carbocycles. The molecule has 12 nitrogen and oxygen atoms in total. The van der Waals surface area contributed by atoms with Crippen LogP contribution in [-0.2, 0) is 0 Å². The molecular weight excluding hydrogens is 644 g/mol. The highest BCUT2D eigenvalue weighted by Crippen LogP contribution is 2.28. The number of halogens is 1. The largest absolute Gasteiger partial charge is 0.516 e. The Labute approximate surface area is 294 Å². The summed E-state index contributed by atoms with van der Waals surface area (Å²) in [7, 11) is 1.90. The molecule has 11 N–H and O–H groups in total. The molecule has 1 saturated heterocycles. The Kier molecular flexibility index (Phi) is 17.5. The van der Waals surface area contributed by atoms with Gasteiger partial charge in [0.05, 0.1) is 27.3 Å². The molecule has 2 heterocycles. The number of likely N-dealkylation sites (N-methyl/N-ethyl adjacent to an activating group) is 1. The minimum atomic E-state index is -0.838. The van der Waals surface area contributed by atoms with Crippen molar-refractivity contribution < 1.29 is 14.3 Å². The van der Waals surface area contributed by atoms with Crippen LogP contribution in [-0.4, -0.2) is 70.8 Å². The summed E-state index contributed by atoms with van der Waals surface area (Å²) in [5.74, 6) is -0.316. The first kappa shape index (κ1) is 40.9. The number of hydrogen-bond acceptors (Lipinski definition) is 10. The van der Waals surface area contributed by atoms with Crippen LogP contribution in [0, 0.1) is 18.2 Å². The number of rotatable bonds is 10. The van der Waals surface area contributed by atoms with Gasteiger partial charge in [0.2, 0.25) is 0 Å². The smallest absolute Gasteiger partial charge is 0.251 e. The van der Waals surface area contributed by atoms with Crippen molar-refractivity contribution in [3.8, 4) is 0 Å². The Morgan fingerprint density at radius 3 is 2.47 bits per heavy atom. The first-order chi connectivity index (χ1) is 23.4. The van der Waals surface area contributed by atoms with Gasteiger partial charge < -0.3 is 43.2 Å². The number of aliphatic hydroxyl groups excluding tert-OH is 1. The van der Waals surface area contributed by atoms with Crippen LogP contribution in [0.15, 0.2) is 53.5 Å². The molecule has 0 bridgehead atoms. The van der Waals surface area contributed by atoms with Gasteiger partial charge in [0, 0.05) is 48.8 Å². The first-order valence-electron chi connectivity index (χ1n) is 16.7. The number of aliphatic imine (C=N–C) groups is 1. The molecule has 2 fully saturated rings. The SMILES string of the molecule is C=CN=C(N)/C(C(=N)N1CCCC(NC)C1)=C(\C)Nc1ccc(C(N)=O)c(F)c1.CCC.Cc1nc(NC2CCC(N)CC2)c(C=CO)s1. The lowest BCUT2D eigenvalue weighted by atomic mass is 9.92. The Hall–Kier alpha value is -4.27. The number of aryl methyl sites for hydroxylation is 1. The van der Waals surface area contributed by atoms with Crippen LogP contribution in [0.5, 0.6) is 0 Å². The number of amidine groups is 2. The van der Waals surface area contributed by atoms with Gasteiger partial charge in [-0.3, -0.25) is 10.2 Å². The van der Waals surface area contributed by atoms with E-state index in [0.717, 1.165) is 67.0 Å². The predicted molar refractivity (Wildman–Crippen MR) is 203 cm³/mol. The van der Waals surface area contributed by atoms with Crippen LogP contribution in [0.2, 0.25) is 0 Å². The summed E-state index contributed by atoms with van der Waals surface area (Å²) in [5, 5.41) is 28.3. The second kappa shape index (κ2) is 21.0. The number of hydrogen-bond donors (Lipinski definition) is 8. The van der Waals surface area contributed by atoms with Crippen molar-refractivity contribution in [2.24, 2.45) is 22.2 Å². The zero-order valence-electron chi connectivity index (χ0n) is 29.5. The number of carbonyl (C=O) groups excluding carboxylic acids is 1. The monoisotopic (exact) mass is 698 g/mol. The number of nitrogens with one attached hydrogen (secondary N) is 4. The van der Waals surface area contributed by atoms with Crippen LogP contribution >= 0.6 is 11.3 Å². The van der Waals surface area contributed by atoms with Crippen LogP contribution in [0.3, 0.4) is 0 Å². The number of allylic oxidation sites excluding steroid dienone is 1. The number of carbonyl (C=O) groups is 1. The van der Waals surface area contributed by atoms with Crippen LogP contribution in [0.4, 0.5) is 15.9 Å². The van der Waals surface area contributed by atoms with E-state index in [1.807, 2.05) is 18.9 Å². The fourth-order valence-corrected chi connectivity index (χ4v) is 6.27. The summed E-state index contributed by atoms with van der Waals surface area (Å²) in [4.78, 5) is 22.6. The third-order valence-corrected chi connectivity index (χ3v) is 8.85. The number of aliphatic hydroxyl groups is 1. The number of nitrogens with zero attached hydrogens (tertiary/aromatic N) is 3. The number of benzene rings is 1. The van der Waals surface area contributed by atoms with Gasteiger partial charge in [-0.05, 0) is 83.7 Å². The number of piperidine rings is 1. The van der Waals surface area contributed by atoms with E-state index >= 15 is 0 Å². The van der Waals surface area contributed by atoms with Crippen LogP contribution < -0.4 is 33.2 Å². The molecule has 1 amide bonds. The second-order valence-corrected chi connectivity index (χ2v) is 13.3. The fraction of sp³-hybridized carbons (Fsp3) is 0.486. The van der Waals surface area contributed by atoms with E-state index in [1.165, 1.54) is 30.8 Å². The van der Waals surface area contributed by atoms with Crippen molar-refractivity contribution in [3.63, 3.8) is 0 Å². The van der Waals surface area contributed by atoms with E-state index in [-0.39, 0.29) is 23.3 Å². The highest BCUT2D eigenvalue weighted by molar-refractivity contribution is 7.13. The Morgan fingerprint density at radius 2 is 1.90 bits per heavy atom. The predicted octanol–water partition coefficient (Wildman–Crippen LogP) is 5.85. The Bertz CT molecular complexity index is 1480. The van der Waals surface area contributed by atoms with Gasteiger partial charge in [-0.15, -0.1) is 11.3 Å². The van der Waals surface area contributed by atoms with Crippen LogP contribution in [0.1, 0.15) is 86.0 Å². The number of amides is 1. The third-order valence-electron chi connectivity index (χ3n) is 7.91. The quantitative estimate of drug-likeness (QED) is 0.0850. The fourth-order valence-electron chi connectivity index (χ4n) is 5.48. The number of likely N-dealkylation sites (tertiary alicyclic amines) is 1. The van der Waals surface area contributed by atoms with Gasteiger partial charge in [0.1, 0.15) is 23.3 Å². The first-order valence-corrected chi connectivity index (χ1v) is 17.5. The highest BCUT2D eigenvalue weighted by Gasteiger charge is 2.25. The maximum Gasteiger partial charge on any atom is 0.251 e. The summed E-state index contributed by atoms with van der Waals surface area (Å²) in [6.07, 6.45) is 11.6. The molecule has 1 saturated carbocycles. The number of aromatic nitrogens is 1. The molecule has 14 heteroatoms. The molecule has 270 valence electrons. The van der Waals surface area contributed by atoms with Crippen molar-refractivity contribution in [1.29, 1.82) is 5.41 Å². The normalized spacial score (nSPS) is 19.9. The van der Waals surface area contributed by atoms with Crippen molar-refractivity contribution in [2.75, 3.05) is 30.8 Å². The maximum absolute atomic E-state index is 14.1. The highest BCUT2D eigenvalue weighted by atomic mass is 32.1. The average molecular weight is 699 g/mol. The number of thiazole rings is 1. The molecule has 4 rings (SSSR count). The molecule has 1 aromatic heterocycles. The molecule has 1 unspecified atom stereocenters. The molecule has 49 heavy (non-hydrogen) atoms. The number of primary amides is 1. The Balaban J connectivity index is 0.000000351. The second-order valence-electron chi connectivity index (χ2n) is 12.0. The molecule has 1 atom stereocenters. The van der Waals surface area contributed by atoms with Gasteiger partial charge >= 0.3 is 0 Å². The van der Waals surface area contributed by atoms with E-state index < -0.39 is 11.7 Å². The summed E-state index contributed by atoms with van der Waals surface area (Å²) in [5.41, 5.74) is 18.3. The average Bonchev–Trinajstić information content (AvgIpc) is 3.41. The van der Waals surface area contributed by atoms with Gasteiger partial charge in [-0.1, -0.05) is 26.8 Å². The lowest BCUT2D eigenvalue weighted by Crippen LogP contribution is -2.48. The van der Waals surface area contributed by atoms with Crippen molar-refractivity contribution in [3.05, 3.63) is 69.8 Å². The van der Waals surface area contributed by atoms with Crippen molar-refractivity contribution in [1.82, 2.24) is 15.2 Å². The van der Waals surface area contributed by atoms with Crippen LogP contribution in [0.25, 0.3) is 6.08 Å². The van der Waals surface area contributed by atoms with Crippen molar-refractivity contribution in [2.45, 2.75) is 90.8 Å². The zero-order chi connectivity index (χ0) is 36.5. The molecule has 1 aliphatic heterocycles. The summed E-state index contributed by atoms with van der Waals surface area (Å²) < 4.78 is 14.1. The molecule has 0 radical (unpaired) electrons. The molecule has 2 aromatic rings. The molecule has 1 aliphatic carbocycles. The maximum atomic E-state index is 14.1. The molecule has 0 spiro atoms. The van der Waals surface area contributed by atoms with Gasteiger partial charge in [0.15, 0.2) is 0 Å². The number of nitrogens with two attached hydrogens (primary N) is 3. The lowest BCUT2D eigenvalue weighted by molar-refractivity contribution is 0.0996. The van der Waals surface area contributed by atoms with E-state index in [1.54, 1.807) is 24.3 Å². The van der Waals surface area contributed by atoms with E-state index in [0.29, 0.717) is 35.6 Å². The standard InChI is InChI=1S/C20H28FN7O.C12H19N3OS.C3H8/c1-4-26-18(22)17(19(23)28-9-5-6-14(11-28)25-3)12(2)27-13-7-8-15(20(24)29)16(21)10-13;1-8-14-12(11(17-8)6-7-16)15-10-4-2-9(13)3-5-10;1-3-2/h4,7-8,10,14,23,25,27H,1,5-6,9,11H2,2-3H3,(H2,22,26)(H2,24,29);6-7,9-10,15-16H,2-5,13H2,1H3;3H2,1-2H3/b17-12-,23-19?;;. The van der Waals surface area contributed by atoms with E-state index in [9.17, 15) is 9.18 Å². The topological polar surface area (TPSA) is 204 Å². The van der Waals surface area contributed by atoms with Gasteiger partial charge in [-0.2, -0.15) is 0 Å². The minimum Gasteiger partial charge on any atom is -0.516 e. The zero-order valence-corrected chi connectivity index (χ0v) is 30.3. The van der Waals surface area contributed by atoms with E-state index in [4.69, 9.17) is 27.7 Å². The van der Waals surface area contributed by atoms with Crippen molar-refractivity contribution >= 4 is 46.5 Å². The lowest BCUT2D eigenvalue weighted by Gasteiger charge is -2.35. The summed E-state index contributed by atoms with van der Waals surface area (Å²) in [6.45, 7) is 12.9. The molecular formula is C35H55FN10O2S. The Morgan fingerprint density at radius 1 is 1.22 bits per heavy atom. The molecule has 2 aliphatic rings. The van der Waals surface area contributed by atoms with Gasteiger partial charge in [-0.25, -0.2) is 14.4 Å². The summed E-state index contributed by atoms with van der Waals surface area (Å²) >= 11 is 1.58. The minimum absolute atomic E-state index is 0.135. The van der Waals surface area contributed by atoms with E-state index in [2.05, 4.69) is 46.4 Å². The summed E-state index contributed by atoms with van der Waals surface area (Å²) in [6, 6.07) is 5.12.